The first-order valence-electron chi connectivity index (χ1n) is 8.56. The molecule has 128 valence electrons. The predicted molar refractivity (Wildman–Crippen MR) is 91.0 cm³/mol. The summed E-state index contributed by atoms with van der Waals surface area (Å²) < 4.78 is 0. The zero-order valence-corrected chi connectivity index (χ0v) is 14.5. The van der Waals surface area contributed by atoms with Crippen LogP contribution in [-0.2, 0) is 4.79 Å². The quantitative estimate of drug-likeness (QED) is 0.796. The monoisotopic (exact) mass is 319 g/mol. The Balaban J connectivity index is 2.16. The molecule has 0 spiro atoms. The Morgan fingerprint density at radius 2 is 2.00 bits per heavy atom. The molecule has 1 aliphatic rings. The van der Waals surface area contributed by atoms with Gasteiger partial charge in [0.25, 0.3) is 5.91 Å². The molecule has 0 saturated heterocycles. The average molecular weight is 319 g/mol. The van der Waals surface area contributed by atoms with Gasteiger partial charge in [0.15, 0.2) is 0 Å². The van der Waals surface area contributed by atoms with E-state index in [4.69, 9.17) is 0 Å². The van der Waals surface area contributed by atoms with Crippen molar-refractivity contribution in [1.29, 1.82) is 0 Å². The number of aromatic hydroxyl groups is 1. The van der Waals surface area contributed by atoms with Crippen LogP contribution in [0.2, 0.25) is 0 Å². The molecule has 0 aromatic heterocycles. The van der Waals surface area contributed by atoms with Crippen LogP contribution in [0.15, 0.2) is 24.3 Å². The zero-order chi connectivity index (χ0) is 17.2. The van der Waals surface area contributed by atoms with Gasteiger partial charge in [-0.25, -0.2) is 0 Å². The summed E-state index contributed by atoms with van der Waals surface area (Å²) in [6, 6.07) is 6.59. The normalized spacial score (nSPS) is 29.3. The van der Waals surface area contributed by atoms with Gasteiger partial charge in [-0.1, -0.05) is 39.3 Å². The zero-order valence-electron chi connectivity index (χ0n) is 14.5. The van der Waals surface area contributed by atoms with Crippen LogP contribution in [0.4, 0.5) is 0 Å². The third-order valence-corrected chi connectivity index (χ3v) is 5.16. The number of amides is 1. The van der Waals surface area contributed by atoms with E-state index in [1.54, 1.807) is 18.2 Å². The lowest BCUT2D eigenvalue weighted by Gasteiger charge is -2.43. The van der Waals surface area contributed by atoms with Crippen molar-refractivity contribution in [2.45, 2.75) is 58.6 Å². The lowest BCUT2D eigenvalue weighted by Crippen LogP contribution is -2.56. The van der Waals surface area contributed by atoms with Gasteiger partial charge in [0.2, 0.25) is 0 Å². The van der Waals surface area contributed by atoms with Gasteiger partial charge in [-0.15, -0.1) is 0 Å². The number of carbonyl (C=O) groups is 1. The predicted octanol–water partition coefficient (Wildman–Crippen LogP) is 3.39. The summed E-state index contributed by atoms with van der Waals surface area (Å²) in [5.41, 5.74) is -0.483. The number of hydrogen-bond donors (Lipinski definition) is 3. The highest BCUT2D eigenvalue weighted by molar-refractivity contribution is 5.85. The van der Waals surface area contributed by atoms with Crippen LogP contribution in [0.3, 0.4) is 0 Å². The highest BCUT2D eigenvalue weighted by Gasteiger charge is 2.48. The third kappa shape index (κ3) is 3.86. The Morgan fingerprint density at radius 1 is 1.30 bits per heavy atom. The maximum absolute atomic E-state index is 12.8. The van der Waals surface area contributed by atoms with Crippen molar-refractivity contribution in [3.8, 4) is 5.75 Å². The van der Waals surface area contributed by atoms with Gasteiger partial charge in [-0.2, -0.15) is 0 Å². The molecule has 0 radical (unpaired) electrons. The summed E-state index contributed by atoms with van der Waals surface area (Å²) in [5.74, 6) is 0.466. The molecular weight excluding hydrogens is 290 g/mol. The van der Waals surface area contributed by atoms with E-state index in [0.717, 1.165) is 18.4 Å². The number of hydrogen-bond acceptors (Lipinski definition) is 3. The molecule has 4 heteroatoms. The Kier molecular flexibility index (Phi) is 5.35. The van der Waals surface area contributed by atoms with Crippen LogP contribution in [0.1, 0.15) is 58.6 Å². The number of rotatable bonds is 4. The van der Waals surface area contributed by atoms with Crippen molar-refractivity contribution in [1.82, 2.24) is 5.32 Å². The molecule has 0 heterocycles. The van der Waals surface area contributed by atoms with E-state index in [9.17, 15) is 15.0 Å². The smallest absolute Gasteiger partial charge is 0.252 e. The van der Waals surface area contributed by atoms with Crippen LogP contribution in [0.25, 0.3) is 0 Å². The van der Waals surface area contributed by atoms with Gasteiger partial charge >= 0.3 is 0 Å². The topological polar surface area (TPSA) is 69.6 Å². The number of aliphatic hydroxyl groups is 1. The Hall–Kier alpha value is -1.55. The maximum Gasteiger partial charge on any atom is 0.252 e. The van der Waals surface area contributed by atoms with Gasteiger partial charge in [0.05, 0.1) is 6.04 Å². The molecule has 0 bridgehead atoms. The minimum absolute atomic E-state index is 0.0184. The summed E-state index contributed by atoms with van der Waals surface area (Å²) in [6.45, 7) is 8.09. The maximum atomic E-state index is 12.8. The lowest BCUT2D eigenvalue weighted by atomic mass is 9.66. The van der Waals surface area contributed by atoms with Crippen molar-refractivity contribution < 1.29 is 15.0 Å². The molecule has 4 nitrogen and oxygen atoms in total. The first kappa shape index (κ1) is 17.8. The molecule has 2 rings (SSSR count). The van der Waals surface area contributed by atoms with E-state index in [-0.39, 0.29) is 29.5 Å². The standard InChI is InChI=1S/C19H29NO3/c1-12(2)17-9-8-13(3)11-19(17,23)18(22)20-14(4)15-6-5-7-16(21)10-15/h5-7,10,12-14,17,21,23H,8-9,11H2,1-4H3,(H,20,22)/t13?,14?,17?,19-/m1/s1. The van der Waals surface area contributed by atoms with Crippen LogP contribution in [0, 0.1) is 17.8 Å². The number of phenols is 1. The highest BCUT2D eigenvalue weighted by atomic mass is 16.3. The number of carbonyl (C=O) groups excluding carboxylic acids is 1. The summed E-state index contributed by atoms with van der Waals surface area (Å²) in [7, 11) is 0. The van der Waals surface area contributed by atoms with Gasteiger partial charge in [0, 0.05) is 0 Å². The summed E-state index contributed by atoms with van der Waals surface area (Å²) in [4.78, 5) is 12.8. The molecule has 1 fully saturated rings. The molecule has 1 saturated carbocycles. The molecule has 23 heavy (non-hydrogen) atoms. The van der Waals surface area contributed by atoms with Crippen molar-refractivity contribution in [2.75, 3.05) is 0 Å². The minimum Gasteiger partial charge on any atom is -0.508 e. The van der Waals surface area contributed by atoms with Gasteiger partial charge < -0.3 is 15.5 Å². The fourth-order valence-electron chi connectivity index (χ4n) is 3.83. The van der Waals surface area contributed by atoms with Crippen LogP contribution >= 0.6 is 0 Å². The van der Waals surface area contributed by atoms with Crippen molar-refractivity contribution in [2.24, 2.45) is 17.8 Å². The SMILES string of the molecule is CC1CCC(C(C)C)[C@@](O)(C(=O)NC(C)c2cccc(O)c2)C1. The van der Waals surface area contributed by atoms with E-state index >= 15 is 0 Å². The molecule has 0 aliphatic heterocycles. The highest BCUT2D eigenvalue weighted by Crippen LogP contribution is 2.41. The van der Waals surface area contributed by atoms with E-state index in [1.165, 1.54) is 0 Å². The fourth-order valence-corrected chi connectivity index (χ4v) is 3.83. The second-order valence-corrected chi connectivity index (χ2v) is 7.45. The molecular formula is C19H29NO3. The summed E-state index contributed by atoms with van der Waals surface area (Å²) in [5, 5.41) is 23.7. The van der Waals surface area contributed by atoms with Gasteiger partial charge in [-0.05, 0) is 55.2 Å². The molecule has 3 N–H and O–H groups in total. The van der Waals surface area contributed by atoms with Crippen molar-refractivity contribution in [3.05, 3.63) is 29.8 Å². The molecule has 3 unspecified atom stereocenters. The van der Waals surface area contributed by atoms with E-state index in [1.807, 2.05) is 13.0 Å². The molecule has 4 atom stereocenters. The third-order valence-electron chi connectivity index (χ3n) is 5.16. The largest absolute Gasteiger partial charge is 0.508 e. The molecule has 1 aromatic rings. The number of benzene rings is 1. The van der Waals surface area contributed by atoms with E-state index in [2.05, 4.69) is 26.1 Å². The van der Waals surface area contributed by atoms with Gasteiger partial charge in [0.1, 0.15) is 11.4 Å². The molecule has 1 amide bonds. The van der Waals surface area contributed by atoms with E-state index in [0.29, 0.717) is 12.3 Å². The van der Waals surface area contributed by atoms with Gasteiger partial charge in [-0.3, -0.25) is 4.79 Å². The second kappa shape index (κ2) is 6.91. The minimum atomic E-state index is -1.31. The first-order chi connectivity index (χ1) is 10.7. The molecule has 1 aromatic carbocycles. The second-order valence-electron chi connectivity index (χ2n) is 7.45. The Labute approximate surface area is 138 Å². The van der Waals surface area contributed by atoms with Crippen LogP contribution in [-0.4, -0.2) is 21.7 Å². The Morgan fingerprint density at radius 3 is 2.61 bits per heavy atom. The lowest BCUT2D eigenvalue weighted by molar-refractivity contribution is -0.156. The van der Waals surface area contributed by atoms with Crippen LogP contribution in [0.5, 0.6) is 5.75 Å². The number of phenolic OH excluding ortho intramolecular Hbond substituents is 1. The number of nitrogens with one attached hydrogen (secondary N) is 1. The average Bonchev–Trinajstić information content (AvgIpc) is 2.46. The summed E-state index contributed by atoms with van der Waals surface area (Å²) >= 11 is 0. The molecule has 1 aliphatic carbocycles. The van der Waals surface area contributed by atoms with E-state index < -0.39 is 5.60 Å². The first-order valence-corrected chi connectivity index (χ1v) is 8.56. The van der Waals surface area contributed by atoms with Crippen molar-refractivity contribution in [3.63, 3.8) is 0 Å². The Bertz CT molecular complexity index is 557. The van der Waals surface area contributed by atoms with Crippen molar-refractivity contribution >= 4 is 5.91 Å². The fraction of sp³-hybridized carbons (Fsp3) is 0.632. The summed E-state index contributed by atoms with van der Waals surface area (Å²) in [6.07, 6.45) is 2.44. The van der Waals surface area contributed by atoms with Crippen LogP contribution < -0.4 is 5.32 Å².